The maximum Gasteiger partial charge on any atom is 0.353 e. The lowest BCUT2D eigenvalue weighted by Gasteiger charge is -2.36. The zero-order valence-electron chi connectivity index (χ0n) is 15.4. The maximum atomic E-state index is 13.1. The van der Waals surface area contributed by atoms with Gasteiger partial charge in [-0.25, -0.2) is 14.4 Å². The van der Waals surface area contributed by atoms with Gasteiger partial charge in [-0.3, -0.25) is 10.1 Å². The average molecular weight is 374 g/mol. The van der Waals surface area contributed by atoms with Crippen molar-refractivity contribution in [3.8, 4) is 0 Å². The van der Waals surface area contributed by atoms with E-state index < -0.39 is 4.92 Å². The summed E-state index contributed by atoms with van der Waals surface area (Å²) in [7, 11) is 0. The van der Waals surface area contributed by atoms with Crippen LogP contribution in [0.3, 0.4) is 0 Å². The molecule has 1 aromatic carbocycles. The Morgan fingerprint density at radius 2 is 1.81 bits per heavy atom. The number of benzene rings is 1. The first kappa shape index (κ1) is 18.8. The first-order valence-corrected chi connectivity index (χ1v) is 9.01. The molecule has 2 aromatic rings. The molecule has 9 heteroatoms. The molecule has 0 saturated carbocycles. The fourth-order valence-electron chi connectivity index (χ4n) is 3.04. The molecule has 1 atom stereocenters. The second kappa shape index (κ2) is 8.15. The molecule has 0 radical (unpaired) electrons. The zero-order valence-corrected chi connectivity index (χ0v) is 15.4. The van der Waals surface area contributed by atoms with Crippen molar-refractivity contribution >= 4 is 23.0 Å². The van der Waals surface area contributed by atoms with Crippen molar-refractivity contribution < 1.29 is 9.31 Å². The van der Waals surface area contributed by atoms with Crippen LogP contribution in [0.25, 0.3) is 0 Å². The Bertz CT molecular complexity index is 793. The highest BCUT2D eigenvalue weighted by molar-refractivity contribution is 5.71. The highest BCUT2D eigenvalue weighted by atomic mass is 19.1. The largest absolute Gasteiger partial charge is 0.368 e. The molecule has 1 aliphatic heterocycles. The summed E-state index contributed by atoms with van der Waals surface area (Å²) in [6.07, 6.45) is 2.19. The molecule has 0 bridgehead atoms. The van der Waals surface area contributed by atoms with E-state index in [1.807, 2.05) is 18.7 Å². The monoisotopic (exact) mass is 374 g/mol. The van der Waals surface area contributed by atoms with E-state index in [9.17, 15) is 14.5 Å². The van der Waals surface area contributed by atoms with Crippen LogP contribution < -0.4 is 15.1 Å². The Balaban J connectivity index is 1.78. The molecule has 1 saturated heterocycles. The Morgan fingerprint density at radius 3 is 2.41 bits per heavy atom. The van der Waals surface area contributed by atoms with Gasteiger partial charge in [0.15, 0.2) is 0 Å². The van der Waals surface area contributed by atoms with Crippen LogP contribution in [0.15, 0.2) is 30.6 Å². The number of hydrogen-bond donors (Lipinski definition) is 1. The summed E-state index contributed by atoms with van der Waals surface area (Å²) in [6.45, 7) is 6.45. The standard InChI is InChI=1S/C18H23FN6O2/c1-3-13(2)22-17-16(25(26)27)18(21-12-20-17)24-10-8-23(9-11-24)15-6-4-14(19)5-7-15/h4-7,12-13H,3,8-11H2,1-2H3,(H,20,21,22). The molecule has 1 N–H and O–H groups in total. The van der Waals surface area contributed by atoms with Gasteiger partial charge in [0, 0.05) is 37.9 Å². The highest BCUT2D eigenvalue weighted by Crippen LogP contribution is 2.33. The van der Waals surface area contributed by atoms with Crippen LogP contribution in [0.2, 0.25) is 0 Å². The first-order valence-electron chi connectivity index (χ1n) is 9.01. The third-order valence-electron chi connectivity index (χ3n) is 4.75. The van der Waals surface area contributed by atoms with Crippen molar-refractivity contribution in [2.45, 2.75) is 26.3 Å². The second-order valence-electron chi connectivity index (χ2n) is 6.56. The van der Waals surface area contributed by atoms with Gasteiger partial charge in [0.2, 0.25) is 11.6 Å². The van der Waals surface area contributed by atoms with E-state index >= 15 is 0 Å². The number of anilines is 3. The molecule has 0 amide bonds. The van der Waals surface area contributed by atoms with Crippen LogP contribution in [0, 0.1) is 15.9 Å². The molecule has 27 heavy (non-hydrogen) atoms. The van der Waals surface area contributed by atoms with Crippen molar-refractivity contribution in [1.29, 1.82) is 0 Å². The minimum absolute atomic E-state index is 0.0711. The minimum atomic E-state index is -0.424. The van der Waals surface area contributed by atoms with Gasteiger partial charge >= 0.3 is 5.69 Å². The van der Waals surface area contributed by atoms with Gasteiger partial charge in [-0.1, -0.05) is 6.92 Å². The van der Waals surface area contributed by atoms with E-state index in [4.69, 9.17) is 0 Å². The zero-order chi connectivity index (χ0) is 19.4. The lowest BCUT2D eigenvalue weighted by Crippen LogP contribution is -2.47. The summed E-state index contributed by atoms with van der Waals surface area (Å²) >= 11 is 0. The highest BCUT2D eigenvalue weighted by Gasteiger charge is 2.29. The van der Waals surface area contributed by atoms with Crippen LogP contribution in [0.4, 0.5) is 27.4 Å². The molecule has 1 aliphatic rings. The van der Waals surface area contributed by atoms with Gasteiger partial charge in [-0.05, 0) is 37.6 Å². The third-order valence-corrected chi connectivity index (χ3v) is 4.75. The molecule has 8 nitrogen and oxygen atoms in total. The Morgan fingerprint density at radius 1 is 1.19 bits per heavy atom. The fourth-order valence-corrected chi connectivity index (χ4v) is 3.04. The van der Waals surface area contributed by atoms with E-state index in [2.05, 4.69) is 20.2 Å². The third kappa shape index (κ3) is 4.24. The van der Waals surface area contributed by atoms with Crippen LogP contribution in [-0.4, -0.2) is 47.1 Å². The van der Waals surface area contributed by atoms with Crippen molar-refractivity contribution in [2.75, 3.05) is 41.3 Å². The smallest absolute Gasteiger partial charge is 0.353 e. The Hall–Kier alpha value is -2.97. The minimum Gasteiger partial charge on any atom is -0.368 e. The number of nitro groups is 1. The van der Waals surface area contributed by atoms with E-state index in [1.165, 1.54) is 18.5 Å². The number of aromatic nitrogens is 2. The Kier molecular flexibility index (Phi) is 5.68. The van der Waals surface area contributed by atoms with Crippen molar-refractivity contribution in [3.05, 3.63) is 46.5 Å². The molecule has 3 rings (SSSR count). The van der Waals surface area contributed by atoms with Crippen molar-refractivity contribution in [3.63, 3.8) is 0 Å². The van der Waals surface area contributed by atoms with Gasteiger partial charge in [0.05, 0.1) is 4.92 Å². The molecule has 1 aromatic heterocycles. The van der Waals surface area contributed by atoms with Crippen LogP contribution >= 0.6 is 0 Å². The maximum absolute atomic E-state index is 13.1. The summed E-state index contributed by atoms with van der Waals surface area (Å²) < 4.78 is 13.1. The normalized spacial score (nSPS) is 15.5. The molecule has 0 spiro atoms. The van der Waals surface area contributed by atoms with Crippen LogP contribution in [0.5, 0.6) is 0 Å². The quantitative estimate of drug-likeness (QED) is 0.614. The predicted octanol–water partition coefficient (Wildman–Crippen LogP) is 3.06. The van der Waals surface area contributed by atoms with Gasteiger partial charge < -0.3 is 15.1 Å². The van der Waals surface area contributed by atoms with Crippen molar-refractivity contribution in [1.82, 2.24) is 9.97 Å². The summed E-state index contributed by atoms with van der Waals surface area (Å²) in [4.78, 5) is 23.6. The lowest BCUT2D eigenvalue weighted by atomic mass is 10.2. The molecule has 1 fully saturated rings. The van der Waals surface area contributed by atoms with Crippen molar-refractivity contribution in [2.24, 2.45) is 0 Å². The molecule has 2 heterocycles. The summed E-state index contributed by atoms with van der Waals surface area (Å²) in [6, 6.07) is 6.42. The van der Waals surface area contributed by atoms with Gasteiger partial charge in [0.25, 0.3) is 0 Å². The SMILES string of the molecule is CCC(C)Nc1ncnc(N2CCN(c3ccc(F)cc3)CC2)c1[N+](=O)[O-]. The van der Waals surface area contributed by atoms with Gasteiger partial charge in [-0.2, -0.15) is 0 Å². The predicted molar refractivity (Wildman–Crippen MR) is 103 cm³/mol. The summed E-state index contributed by atoms with van der Waals surface area (Å²) in [5.41, 5.74) is 0.848. The second-order valence-corrected chi connectivity index (χ2v) is 6.56. The van der Waals surface area contributed by atoms with Gasteiger partial charge in [-0.15, -0.1) is 0 Å². The summed E-state index contributed by atoms with van der Waals surface area (Å²) in [5.74, 6) is 0.315. The van der Waals surface area contributed by atoms with E-state index in [0.29, 0.717) is 32.0 Å². The summed E-state index contributed by atoms with van der Waals surface area (Å²) in [5, 5.41) is 14.8. The first-order chi connectivity index (χ1) is 13.0. The number of rotatable bonds is 6. The molecular formula is C18H23FN6O2. The molecule has 144 valence electrons. The molecule has 0 aliphatic carbocycles. The average Bonchev–Trinajstić information content (AvgIpc) is 2.68. The lowest BCUT2D eigenvalue weighted by molar-refractivity contribution is -0.383. The number of nitrogens with one attached hydrogen (secondary N) is 1. The van der Waals surface area contributed by atoms with E-state index in [0.717, 1.165) is 12.1 Å². The van der Waals surface area contributed by atoms with E-state index in [1.54, 1.807) is 12.1 Å². The molecular weight excluding hydrogens is 351 g/mol. The van der Waals surface area contributed by atoms with Gasteiger partial charge in [0.1, 0.15) is 12.1 Å². The van der Waals surface area contributed by atoms with Crippen LogP contribution in [0.1, 0.15) is 20.3 Å². The molecule has 1 unspecified atom stereocenters. The number of hydrogen-bond acceptors (Lipinski definition) is 7. The fraction of sp³-hybridized carbons (Fsp3) is 0.444. The van der Waals surface area contributed by atoms with Crippen LogP contribution in [-0.2, 0) is 0 Å². The number of nitrogens with zero attached hydrogens (tertiary/aromatic N) is 5. The number of halogens is 1. The van der Waals surface area contributed by atoms with E-state index in [-0.39, 0.29) is 23.4 Å². The topological polar surface area (TPSA) is 87.4 Å². The number of piperazine rings is 1. The Labute approximate surface area is 157 Å².